The van der Waals surface area contributed by atoms with Gasteiger partial charge in [0.15, 0.2) is 5.82 Å². The molecule has 9 nitrogen and oxygen atoms in total. The van der Waals surface area contributed by atoms with Crippen LogP contribution in [0, 0.1) is 12.8 Å². The molecule has 3 aromatic rings. The van der Waals surface area contributed by atoms with Gasteiger partial charge in [-0.05, 0) is 43.4 Å². The first kappa shape index (κ1) is 19.9. The van der Waals surface area contributed by atoms with E-state index in [0.29, 0.717) is 28.8 Å². The number of nitrogens with zero attached hydrogens (tertiary/aromatic N) is 5. The predicted molar refractivity (Wildman–Crippen MR) is 114 cm³/mol. The molecule has 9 heteroatoms. The predicted octanol–water partition coefficient (Wildman–Crippen LogP) is 2.08. The summed E-state index contributed by atoms with van der Waals surface area (Å²) in [5.74, 6) is 1.44. The number of carbonyl (C=O) groups excluding carboxylic acids is 1. The number of methoxy groups -OCH3 is 1. The lowest BCUT2D eigenvalue weighted by molar-refractivity contribution is -0.117. The van der Waals surface area contributed by atoms with Gasteiger partial charge in [-0.25, -0.2) is 18.9 Å². The fraction of sp³-hybridized carbons (Fsp3) is 0.429. The summed E-state index contributed by atoms with van der Waals surface area (Å²) >= 11 is 0. The lowest BCUT2D eigenvalue weighted by Crippen LogP contribution is -2.35. The van der Waals surface area contributed by atoms with Crippen molar-refractivity contribution in [2.75, 3.05) is 30.4 Å². The lowest BCUT2D eigenvalue weighted by Gasteiger charge is -2.31. The second-order valence-electron chi connectivity index (χ2n) is 7.83. The minimum absolute atomic E-state index is 0.201. The number of hydrogen-bond acceptors (Lipinski definition) is 6. The molecule has 0 radical (unpaired) electrons. The summed E-state index contributed by atoms with van der Waals surface area (Å²) < 4.78 is 7.92. The van der Waals surface area contributed by atoms with Crippen LogP contribution < -0.4 is 20.6 Å². The van der Waals surface area contributed by atoms with Gasteiger partial charge < -0.3 is 15.0 Å². The number of fused-ring (bicyclic) bond motifs is 1. The van der Waals surface area contributed by atoms with Gasteiger partial charge in [0.25, 0.3) is 0 Å². The second-order valence-corrected chi connectivity index (χ2v) is 7.83. The molecule has 0 unspecified atom stereocenters. The summed E-state index contributed by atoms with van der Waals surface area (Å²) in [7, 11) is 1.54. The zero-order valence-electron chi connectivity index (χ0n) is 17.5. The van der Waals surface area contributed by atoms with E-state index in [4.69, 9.17) is 4.74 Å². The molecule has 1 atom stereocenters. The minimum atomic E-state index is -0.370. The molecule has 1 aliphatic heterocycles. The van der Waals surface area contributed by atoms with Crippen LogP contribution in [0.3, 0.4) is 0 Å². The average Bonchev–Trinajstić information content (AvgIpc) is 3.03. The largest absolute Gasteiger partial charge is 0.495 e. The van der Waals surface area contributed by atoms with Crippen LogP contribution in [0.25, 0.3) is 5.65 Å². The highest BCUT2D eigenvalue weighted by Crippen LogP contribution is 2.25. The fourth-order valence-corrected chi connectivity index (χ4v) is 3.89. The molecule has 0 saturated carbocycles. The first-order valence-corrected chi connectivity index (χ1v) is 10.1. The van der Waals surface area contributed by atoms with Crippen LogP contribution in [0.15, 0.2) is 35.4 Å². The van der Waals surface area contributed by atoms with Crippen LogP contribution in [0.2, 0.25) is 0 Å². The summed E-state index contributed by atoms with van der Waals surface area (Å²) in [6, 6.07) is 5.51. The van der Waals surface area contributed by atoms with Gasteiger partial charge in [-0.2, -0.15) is 0 Å². The van der Waals surface area contributed by atoms with Crippen molar-refractivity contribution in [3.63, 3.8) is 0 Å². The Morgan fingerprint density at radius 3 is 2.97 bits per heavy atom. The molecule has 1 N–H and O–H groups in total. The molecule has 0 aliphatic carbocycles. The highest BCUT2D eigenvalue weighted by atomic mass is 16.5. The third-order valence-corrected chi connectivity index (χ3v) is 5.36. The Morgan fingerprint density at radius 1 is 1.37 bits per heavy atom. The Balaban J connectivity index is 1.60. The Kier molecular flexibility index (Phi) is 5.43. The molecule has 158 valence electrons. The molecule has 2 aromatic heterocycles. The molecule has 4 rings (SSSR count). The van der Waals surface area contributed by atoms with E-state index < -0.39 is 0 Å². The summed E-state index contributed by atoms with van der Waals surface area (Å²) in [6.45, 7) is 5.69. The van der Waals surface area contributed by atoms with Gasteiger partial charge in [-0.1, -0.05) is 13.0 Å². The molecular formula is C21H26N6O3. The van der Waals surface area contributed by atoms with Gasteiger partial charge in [0.05, 0.1) is 12.8 Å². The molecule has 3 heterocycles. The van der Waals surface area contributed by atoms with Gasteiger partial charge in [-0.3, -0.25) is 4.79 Å². The van der Waals surface area contributed by atoms with Crippen molar-refractivity contribution in [2.24, 2.45) is 5.92 Å². The van der Waals surface area contributed by atoms with Crippen molar-refractivity contribution >= 4 is 23.1 Å². The summed E-state index contributed by atoms with van der Waals surface area (Å²) in [5, 5.41) is 7.23. The van der Waals surface area contributed by atoms with Crippen molar-refractivity contribution < 1.29 is 9.53 Å². The molecule has 0 bridgehead atoms. The Hall–Kier alpha value is -3.36. The number of ether oxygens (including phenoxy) is 1. The van der Waals surface area contributed by atoms with Crippen LogP contribution in [0.1, 0.15) is 25.3 Å². The number of hydrogen-bond donors (Lipinski definition) is 1. The normalized spacial score (nSPS) is 16.6. The summed E-state index contributed by atoms with van der Waals surface area (Å²) in [6.07, 6.45) is 5.45. The van der Waals surface area contributed by atoms with Gasteiger partial charge in [0, 0.05) is 25.5 Å². The number of benzene rings is 1. The van der Waals surface area contributed by atoms with E-state index in [9.17, 15) is 9.59 Å². The quantitative estimate of drug-likeness (QED) is 0.692. The van der Waals surface area contributed by atoms with Crippen molar-refractivity contribution in [1.82, 2.24) is 19.2 Å². The number of aryl methyl sites for hydroxylation is 1. The Morgan fingerprint density at radius 2 is 2.20 bits per heavy atom. The topological polar surface area (TPSA) is 93.8 Å². The summed E-state index contributed by atoms with van der Waals surface area (Å²) in [5.41, 5.74) is 1.65. The molecule has 1 amide bonds. The molecular weight excluding hydrogens is 384 g/mol. The maximum absolute atomic E-state index is 12.8. The van der Waals surface area contributed by atoms with Crippen LogP contribution in [0.4, 0.5) is 11.5 Å². The number of amides is 1. The van der Waals surface area contributed by atoms with Crippen LogP contribution in [-0.4, -0.2) is 45.3 Å². The maximum atomic E-state index is 12.8. The average molecular weight is 410 g/mol. The van der Waals surface area contributed by atoms with Crippen LogP contribution in [-0.2, 0) is 11.3 Å². The Labute approximate surface area is 174 Å². The number of carbonyl (C=O) groups is 1. The summed E-state index contributed by atoms with van der Waals surface area (Å²) in [4.78, 5) is 32.1. The van der Waals surface area contributed by atoms with Crippen molar-refractivity contribution in [2.45, 2.75) is 33.2 Å². The highest BCUT2D eigenvalue weighted by molar-refractivity contribution is 5.92. The van der Waals surface area contributed by atoms with Crippen LogP contribution >= 0.6 is 0 Å². The monoisotopic (exact) mass is 410 g/mol. The molecule has 1 aliphatic rings. The molecule has 1 saturated heterocycles. The van der Waals surface area contributed by atoms with Gasteiger partial charge >= 0.3 is 5.69 Å². The highest BCUT2D eigenvalue weighted by Gasteiger charge is 2.22. The van der Waals surface area contributed by atoms with E-state index in [2.05, 4.69) is 27.2 Å². The molecule has 30 heavy (non-hydrogen) atoms. The van der Waals surface area contributed by atoms with E-state index >= 15 is 0 Å². The standard InChI is InChI=1S/C21H26N6O3/c1-14-6-7-17(30-3)16(11-14)23-18(28)13-27-21(29)26-10-8-22-19(20(26)24-27)25-9-4-5-15(2)12-25/h6-8,10-11,15H,4-5,9,12-13H2,1-3H3,(H,23,28)/t15-/m0/s1. The van der Waals surface area contributed by atoms with Gasteiger partial charge in [-0.15, -0.1) is 5.10 Å². The van der Waals surface area contributed by atoms with Crippen molar-refractivity contribution in [3.8, 4) is 5.75 Å². The third kappa shape index (κ3) is 3.87. The molecule has 0 spiro atoms. The Bertz CT molecular complexity index is 1140. The number of aromatic nitrogens is 4. The third-order valence-electron chi connectivity index (χ3n) is 5.36. The first-order chi connectivity index (χ1) is 14.5. The number of anilines is 2. The van der Waals surface area contributed by atoms with E-state index in [1.165, 1.54) is 15.5 Å². The zero-order chi connectivity index (χ0) is 21.3. The van der Waals surface area contributed by atoms with Crippen molar-refractivity contribution in [3.05, 3.63) is 46.6 Å². The SMILES string of the molecule is COc1ccc(C)cc1NC(=O)Cn1nc2c(N3CCC[C@H](C)C3)nccn2c1=O. The van der Waals surface area contributed by atoms with E-state index in [1.807, 2.05) is 19.1 Å². The van der Waals surface area contributed by atoms with Crippen molar-refractivity contribution in [1.29, 1.82) is 0 Å². The number of rotatable bonds is 5. The smallest absolute Gasteiger partial charge is 0.350 e. The van der Waals surface area contributed by atoms with Gasteiger partial charge in [0.2, 0.25) is 11.6 Å². The number of piperidine rings is 1. The van der Waals surface area contributed by atoms with E-state index in [0.717, 1.165) is 25.1 Å². The second kappa shape index (κ2) is 8.17. The molecule has 1 fully saturated rings. The van der Waals surface area contributed by atoms with E-state index in [-0.39, 0.29) is 18.1 Å². The first-order valence-electron chi connectivity index (χ1n) is 10.1. The lowest BCUT2D eigenvalue weighted by atomic mass is 10.0. The minimum Gasteiger partial charge on any atom is -0.495 e. The van der Waals surface area contributed by atoms with E-state index in [1.54, 1.807) is 25.6 Å². The fourth-order valence-electron chi connectivity index (χ4n) is 3.89. The maximum Gasteiger partial charge on any atom is 0.350 e. The van der Waals surface area contributed by atoms with Gasteiger partial charge in [0.1, 0.15) is 12.3 Å². The van der Waals surface area contributed by atoms with Crippen LogP contribution in [0.5, 0.6) is 5.75 Å². The number of nitrogens with one attached hydrogen (secondary N) is 1. The molecule has 1 aromatic carbocycles. The zero-order valence-corrected chi connectivity index (χ0v) is 17.5.